The van der Waals surface area contributed by atoms with Gasteiger partial charge in [0.15, 0.2) is 0 Å². The van der Waals surface area contributed by atoms with Gasteiger partial charge in [0.2, 0.25) is 0 Å². The summed E-state index contributed by atoms with van der Waals surface area (Å²) in [4.78, 5) is 14.2. The van der Waals surface area contributed by atoms with Crippen molar-refractivity contribution in [3.63, 3.8) is 0 Å². The lowest BCUT2D eigenvalue weighted by Crippen LogP contribution is -2.37. The van der Waals surface area contributed by atoms with E-state index in [2.05, 4.69) is 24.4 Å². The van der Waals surface area contributed by atoms with E-state index in [0.29, 0.717) is 12.1 Å². The molecule has 2 N–H and O–H groups in total. The summed E-state index contributed by atoms with van der Waals surface area (Å²) in [5.74, 6) is -0.163. The van der Waals surface area contributed by atoms with Gasteiger partial charge in [-0.1, -0.05) is 43.3 Å². The van der Waals surface area contributed by atoms with E-state index in [4.69, 9.17) is 0 Å². The Morgan fingerprint density at radius 1 is 1.17 bits per heavy atom. The number of aryl methyl sites for hydroxylation is 1. The van der Waals surface area contributed by atoms with Gasteiger partial charge in [-0.2, -0.15) is 0 Å². The van der Waals surface area contributed by atoms with Gasteiger partial charge in [-0.3, -0.25) is 4.79 Å². The average Bonchev–Trinajstić information content (AvgIpc) is 2.59. The number of nitrogens with zero attached hydrogens (tertiary/aromatic N) is 1. The maximum atomic E-state index is 12.3. The number of aliphatic hydroxyl groups excluding tert-OH is 1. The zero-order valence-electron chi connectivity index (χ0n) is 14.6. The van der Waals surface area contributed by atoms with Gasteiger partial charge in [0.25, 0.3) is 5.91 Å². The third-order valence-electron chi connectivity index (χ3n) is 3.91. The molecule has 1 atom stereocenters. The lowest BCUT2D eigenvalue weighted by molar-refractivity contribution is 0.0892. The fourth-order valence-electron chi connectivity index (χ4n) is 2.74. The average molecular weight is 326 g/mol. The van der Waals surface area contributed by atoms with Crippen LogP contribution in [0.5, 0.6) is 0 Å². The molecule has 0 aliphatic heterocycles. The summed E-state index contributed by atoms with van der Waals surface area (Å²) >= 11 is 0. The molecule has 0 saturated carbocycles. The first kappa shape index (κ1) is 18.2. The van der Waals surface area contributed by atoms with Gasteiger partial charge in [0.05, 0.1) is 6.10 Å². The molecule has 1 unspecified atom stereocenters. The lowest BCUT2D eigenvalue weighted by Gasteiger charge is -2.16. The standard InChI is InChI=1S/C20H26N2O2/c1-4-15-8-5-6-11-19(15)16-9-7-10-17(12-16)20(24)21-13-18(23)14-22(2)3/h5-12,18,23H,4,13-14H2,1-3H3,(H,21,24). The quantitative estimate of drug-likeness (QED) is 0.822. The van der Waals surface area contributed by atoms with Crippen LogP contribution in [0.3, 0.4) is 0 Å². The van der Waals surface area contributed by atoms with E-state index in [1.54, 1.807) is 6.07 Å². The number of hydrogen-bond donors (Lipinski definition) is 2. The van der Waals surface area contributed by atoms with Crippen molar-refractivity contribution in [1.29, 1.82) is 0 Å². The molecule has 1 amide bonds. The van der Waals surface area contributed by atoms with Crippen molar-refractivity contribution in [2.75, 3.05) is 27.2 Å². The molecule has 0 fully saturated rings. The Kier molecular flexibility index (Phi) is 6.53. The highest BCUT2D eigenvalue weighted by molar-refractivity contribution is 5.95. The highest BCUT2D eigenvalue weighted by Gasteiger charge is 2.11. The molecule has 2 aromatic rings. The van der Waals surface area contributed by atoms with Gasteiger partial charge < -0.3 is 15.3 Å². The maximum Gasteiger partial charge on any atom is 0.251 e. The minimum Gasteiger partial charge on any atom is -0.390 e. The SMILES string of the molecule is CCc1ccccc1-c1cccc(C(=O)NCC(O)CN(C)C)c1. The highest BCUT2D eigenvalue weighted by atomic mass is 16.3. The van der Waals surface area contributed by atoms with E-state index in [1.807, 2.05) is 49.3 Å². The van der Waals surface area contributed by atoms with Gasteiger partial charge in [0, 0.05) is 18.7 Å². The van der Waals surface area contributed by atoms with Crippen LogP contribution in [0.15, 0.2) is 48.5 Å². The number of carbonyl (C=O) groups is 1. The van der Waals surface area contributed by atoms with Gasteiger partial charge in [0.1, 0.15) is 0 Å². The van der Waals surface area contributed by atoms with Crippen molar-refractivity contribution < 1.29 is 9.90 Å². The number of carbonyl (C=O) groups excluding carboxylic acids is 1. The van der Waals surface area contributed by atoms with Gasteiger partial charge in [-0.15, -0.1) is 0 Å². The number of amides is 1. The summed E-state index contributed by atoms with van der Waals surface area (Å²) in [6.45, 7) is 2.89. The first-order chi connectivity index (χ1) is 11.5. The minimum absolute atomic E-state index is 0.163. The molecule has 0 heterocycles. The summed E-state index contributed by atoms with van der Waals surface area (Å²) in [5.41, 5.74) is 4.06. The topological polar surface area (TPSA) is 52.6 Å². The summed E-state index contributed by atoms with van der Waals surface area (Å²) < 4.78 is 0. The molecule has 4 nitrogen and oxygen atoms in total. The molecule has 0 aromatic heterocycles. The number of rotatable bonds is 7. The fourth-order valence-corrected chi connectivity index (χ4v) is 2.74. The number of aliphatic hydroxyl groups is 1. The molecule has 0 bridgehead atoms. The van der Waals surface area contributed by atoms with Crippen molar-refractivity contribution in [2.24, 2.45) is 0 Å². The Balaban J connectivity index is 2.11. The van der Waals surface area contributed by atoms with Crippen molar-refractivity contribution in [2.45, 2.75) is 19.4 Å². The molecule has 0 radical (unpaired) electrons. The summed E-state index contributed by atoms with van der Waals surface area (Å²) in [5, 5.41) is 12.7. The van der Waals surface area contributed by atoms with Gasteiger partial charge in [-0.05, 0) is 49.3 Å². The minimum atomic E-state index is -0.576. The molecular formula is C20H26N2O2. The van der Waals surface area contributed by atoms with Crippen molar-refractivity contribution in [3.05, 3.63) is 59.7 Å². The molecular weight excluding hydrogens is 300 g/mol. The number of nitrogens with one attached hydrogen (secondary N) is 1. The Hall–Kier alpha value is -2.17. The normalized spacial score (nSPS) is 12.2. The van der Waals surface area contributed by atoms with E-state index >= 15 is 0 Å². The molecule has 2 rings (SSSR count). The molecule has 24 heavy (non-hydrogen) atoms. The van der Waals surface area contributed by atoms with Crippen molar-refractivity contribution in [3.8, 4) is 11.1 Å². The number of likely N-dealkylation sites (N-methyl/N-ethyl adjacent to an activating group) is 1. The monoisotopic (exact) mass is 326 g/mol. The summed E-state index contributed by atoms with van der Waals surface area (Å²) in [7, 11) is 3.78. The largest absolute Gasteiger partial charge is 0.390 e. The van der Waals surface area contributed by atoms with Crippen LogP contribution in [0.4, 0.5) is 0 Å². The molecule has 0 aliphatic rings. The fraction of sp³-hybridized carbons (Fsp3) is 0.350. The maximum absolute atomic E-state index is 12.3. The summed E-state index contributed by atoms with van der Waals surface area (Å²) in [6.07, 6.45) is 0.372. The smallest absolute Gasteiger partial charge is 0.251 e. The third kappa shape index (κ3) is 4.91. The predicted molar refractivity (Wildman–Crippen MR) is 98.2 cm³/mol. The van der Waals surface area contributed by atoms with E-state index in [-0.39, 0.29) is 12.5 Å². The molecule has 128 valence electrons. The number of hydrogen-bond acceptors (Lipinski definition) is 3. The van der Waals surface area contributed by atoms with Crippen LogP contribution in [0.2, 0.25) is 0 Å². The Bertz CT molecular complexity index is 683. The van der Waals surface area contributed by atoms with Crippen LogP contribution in [0.25, 0.3) is 11.1 Å². The molecule has 0 aliphatic carbocycles. The molecule has 2 aromatic carbocycles. The van der Waals surface area contributed by atoms with Crippen molar-refractivity contribution in [1.82, 2.24) is 10.2 Å². The molecule has 0 spiro atoms. The Labute approximate surface area is 144 Å². The summed E-state index contributed by atoms with van der Waals surface area (Å²) in [6, 6.07) is 15.9. The van der Waals surface area contributed by atoms with Gasteiger partial charge in [-0.25, -0.2) is 0 Å². The second kappa shape index (κ2) is 8.62. The molecule has 0 saturated heterocycles. The van der Waals surface area contributed by atoms with Crippen LogP contribution >= 0.6 is 0 Å². The van der Waals surface area contributed by atoms with Crippen molar-refractivity contribution >= 4 is 5.91 Å². The first-order valence-corrected chi connectivity index (χ1v) is 8.30. The lowest BCUT2D eigenvalue weighted by atomic mass is 9.97. The highest BCUT2D eigenvalue weighted by Crippen LogP contribution is 2.24. The zero-order valence-corrected chi connectivity index (χ0v) is 14.6. The van der Waals surface area contributed by atoms with Gasteiger partial charge >= 0.3 is 0 Å². The second-order valence-corrected chi connectivity index (χ2v) is 6.22. The van der Waals surface area contributed by atoms with Crippen LogP contribution < -0.4 is 5.32 Å². The van der Waals surface area contributed by atoms with E-state index in [9.17, 15) is 9.90 Å². The van der Waals surface area contributed by atoms with Crippen LogP contribution in [0.1, 0.15) is 22.8 Å². The zero-order chi connectivity index (χ0) is 17.5. The van der Waals surface area contributed by atoms with E-state index < -0.39 is 6.10 Å². The third-order valence-corrected chi connectivity index (χ3v) is 3.91. The predicted octanol–water partition coefficient (Wildman–Crippen LogP) is 2.57. The first-order valence-electron chi connectivity index (χ1n) is 8.30. The second-order valence-electron chi connectivity index (χ2n) is 6.22. The van der Waals surface area contributed by atoms with Crippen LogP contribution in [0, 0.1) is 0 Å². The molecule has 4 heteroatoms. The Morgan fingerprint density at radius 2 is 1.92 bits per heavy atom. The van der Waals surface area contributed by atoms with E-state index in [1.165, 1.54) is 5.56 Å². The van der Waals surface area contributed by atoms with Crippen LogP contribution in [-0.4, -0.2) is 49.2 Å². The van der Waals surface area contributed by atoms with E-state index in [0.717, 1.165) is 17.5 Å². The van der Waals surface area contributed by atoms with Crippen LogP contribution in [-0.2, 0) is 6.42 Å². The Morgan fingerprint density at radius 3 is 2.62 bits per heavy atom. The number of benzene rings is 2.